The van der Waals surface area contributed by atoms with E-state index in [0.29, 0.717) is 5.57 Å². The number of halogens is 2. The maximum Gasteiger partial charge on any atom is 0.325 e. The molecule has 1 aliphatic carbocycles. The van der Waals surface area contributed by atoms with Crippen molar-refractivity contribution >= 4 is 50.4 Å². The maximum absolute atomic E-state index is 13.2. The number of benzene rings is 3. The van der Waals surface area contributed by atoms with Crippen molar-refractivity contribution < 1.29 is 32.6 Å². The molecule has 0 aromatic heterocycles. The highest BCUT2D eigenvalue weighted by Crippen LogP contribution is 2.39. The van der Waals surface area contributed by atoms with Gasteiger partial charge in [0.15, 0.2) is 5.41 Å². The van der Waals surface area contributed by atoms with Crippen LogP contribution in [-0.2, 0) is 19.6 Å². The van der Waals surface area contributed by atoms with Crippen LogP contribution in [0.3, 0.4) is 0 Å². The van der Waals surface area contributed by atoms with E-state index in [1.165, 1.54) is 24.3 Å². The summed E-state index contributed by atoms with van der Waals surface area (Å²) in [6.45, 7) is 0. The lowest BCUT2D eigenvalue weighted by Crippen LogP contribution is -2.48. The zero-order valence-corrected chi connectivity index (χ0v) is 20.5. The number of carboxylic acids is 1. The molecule has 3 aromatic rings. The molecule has 4 N–H and O–H groups in total. The molecule has 0 radical (unpaired) electrons. The van der Waals surface area contributed by atoms with Crippen molar-refractivity contribution in [3.63, 3.8) is 0 Å². The predicted molar refractivity (Wildman–Crippen MR) is 137 cm³/mol. The van der Waals surface area contributed by atoms with Crippen LogP contribution >= 0.6 is 11.6 Å². The van der Waals surface area contributed by atoms with Crippen molar-refractivity contribution in [1.82, 2.24) is 0 Å². The van der Waals surface area contributed by atoms with E-state index >= 15 is 0 Å². The van der Waals surface area contributed by atoms with Crippen LogP contribution in [0.2, 0.25) is 0 Å². The summed E-state index contributed by atoms with van der Waals surface area (Å²) in [6.07, 6.45) is 4.19. The zero-order chi connectivity index (χ0) is 26.8. The Hall–Kier alpha value is -4.15. The number of carboxylic acid groups (broad SMARTS) is 1. The lowest BCUT2D eigenvalue weighted by Gasteiger charge is -2.31. The first-order chi connectivity index (χ1) is 17.5. The molecule has 0 bridgehead atoms. The van der Waals surface area contributed by atoms with Gasteiger partial charge in [-0.1, -0.05) is 48.6 Å². The van der Waals surface area contributed by atoms with Gasteiger partial charge < -0.3 is 15.5 Å². The molecule has 3 aromatic carbocycles. The van der Waals surface area contributed by atoms with Gasteiger partial charge >= 0.3 is 5.97 Å². The van der Waals surface area contributed by atoms with E-state index in [1.807, 2.05) is 30.3 Å². The third kappa shape index (κ3) is 5.20. The van der Waals surface area contributed by atoms with E-state index < -0.39 is 44.3 Å². The minimum atomic E-state index is -4.21. The van der Waals surface area contributed by atoms with Gasteiger partial charge in [-0.25, -0.2) is 12.8 Å². The number of carbonyl (C=O) groups is 2. The molecular formula is C26H20ClFN2O6S. The van der Waals surface area contributed by atoms with Crippen molar-refractivity contribution in [3.05, 3.63) is 102 Å². The minimum absolute atomic E-state index is 0.00432. The average molecular weight is 543 g/mol. The Labute approximate surface area is 216 Å². The molecule has 1 amide bonds. The van der Waals surface area contributed by atoms with Crippen molar-refractivity contribution in [1.29, 1.82) is 0 Å². The fraction of sp³-hybridized carbons (Fsp3) is 0.0769. The molecule has 190 valence electrons. The number of phenolic OH excluding ortho intramolecular Hbond substituents is 1. The number of alkyl halides is 1. The summed E-state index contributed by atoms with van der Waals surface area (Å²) >= 11 is 6.44. The molecule has 0 saturated heterocycles. The van der Waals surface area contributed by atoms with E-state index in [4.69, 9.17) is 11.6 Å². The fourth-order valence-electron chi connectivity index (χ4n) is 3.72. The number of nitrogens with one attached hydrogen (secondary N) is 2. The molecular weight excluding hydrogens is 523 g/mol. The monoisotopic (exact) mass is 542 g/mol. The minimum Gasteiger partial charge on any atom is -0.506 e. The summed E-state index contributed by atoms with van der Waals surface area (Å²) < 4.78 is 40.6. The molecule has 2 unspecified atom stereocenters. The quantitative estimate of drug-likeness (QED) is 0.149. The summed E-state index contributed by atoms with van der Waals surface area (Å²) in [5.74, 6) is -3.54. The Kier molecular flexibility index (Phi) is 7.06. The Bertz CT molecular complexity index is 1520. The lowest BCUT2D eigenvalue weighted by atomic mass is 9.77. The number of hydrogen-bond donors (Lipinski definition) is 4. The number of hydrogen-bond acceptors (Lipinski definition) is 5. The molecule has 2 atom stereocenters. The van der Waals surface area contributed by atoms with Crippen LogP contribution < -0.4 is 10.0 Å². The first kappa shape index (κ1) is 25.9. The Morgan fingerprint density at radius 3 is 2.30 bits per heavy atom. The Morgan fingerprint density at radius 2 is 1.68 bits per heavy atom. The van der Waals surface area contributed by atoms with E-state index in [9.17, 15) is 32.6 Å². The van der Waals surface area contributed by atoms with Crippen molar-refractivity contribution in [2.24, 2.45) is 5.41 Å². The number of aliphatic carboxylic acids is 1. The van der Waals surface area contributed by atoms with Gasteiger partial charge in [0.25, 0.3) is 10.0 Å². The van der Waals surface area contributed by atoms with Crippen LogP contribution in [0, 0.1) is 11.2 Å². The first-order valence-electron chi connectivity index (χ1n) is 10.8. The Morgan fingerprint density at radius 1 is 1.00 bits per heavy atom. The first-order valence-corrected chi connectivity index (χ1v) is 12.7. The highest BCUT2D eigenvalue weighted by atomic mass is 35.5. The topological polar surface area (TPSA) is 133 Å². The molecule has 0 spiro atoms. The number of carbonyl (C=O) groups excluding carboxylic acids is 1. The second-order valence-corrected chi connectivity index (χ2v) is 10.3. The van der Waals surface area contributed by atoms with Crippen molar-refractivity contribution in [2.75, 3.05) is 10.0 Å². The maximum atomic E-state index is 13.2. The van der Waals surface area contributed by atoms with Crippen molar-refractivity contribution in [2.45, 2.75) is 10.3 Å². The van der Waals surface area contributed by atoms with Gasteiger partial charge in [0.05, 0.1) is 16.0 Å². The number of aromatic hydroxyl groups is 1. The van der Waals surface area contributed by atoms with E-state index in [-0.39, 0.29) is 16.3 Å². The summed E-state index contributed by atoms with van der Waals surface area (Å²) in [7, 11) is -4.21. The predicted octanol–water partition coefficient (Wildman–Crippen LogP) is 4.60. The molecule has 4 rings (SSSR count). The number of sulfonamides is 1. The second-order valence-electron chi connectivity index (χ2n) is 8.14. The molecule has 1 aliphatic rings. The van der Waals surface area contributed by atoms with E-state index in [2.05, 4.69) is 10.0 Å². The smallest absolute Gasteiger partial charge is 0.325 e. The normalized spacial score (nSPS) is 19.1. The summed E-state index contributed by atoms with van der Waals surface area (Å²) in [5.41, 5.74) is -1.02. The molecule has 0 saturated carbocycles. The molecule has 0 heterocycles. The second kappa shape index (κ2) is 10.1. The number of phenols is 1. The van der Waals surface area contributed by atoms with Gasteiger partial charge in [-0.15, -0.1) is 11.6 Å². The lowest BCUT2D eigenvalue weighted by molar-refractivity contribution is -0.150. The van der Waals surface area contributed by atoms with E-state index in [1.54, 1.807) is 0 Å². The molecule has 11 heteroatoms. The average Bonchev–Trinajstić information content (AvgIpc) is 2.86. The van der Waals surface area contributed by atoms with Gasteiger partial charge in [-0.2, -0.15) is 0 Å². The van der Waals surface area contributed by atoms with Crippen LogP contribution in [-0.4, -0.2) is 35.9 Å². The zero-order valence-electron chi connectivity index (χ0n) is 18.9. The standard InChI is InChI=1S/C26H20ClFN2O6S/c27-23-14-17(16-4-2-1-3-5-16)12-13-26(23,25(33)34)24(32)29-19-8-11-22(31)21(15-19)30-37(35,36)20-9-6-18(28)7-10-20/h1-15,23,30-31H,(H,29,32)(H,33,34). The van der Waals surface area contributed by atoms with Gasteiger partial charge in [0, 0.05) is 5.69 Å². The van der Waals surface area contributed by atoms with Crippen LogP contribution in [0.4, 0.5) is 15.8 Å². The van der Waals surface area contributed by atoms with Gasteiger partial charge in [0.2, 0.25) is 5.91 Å². The van der Waals surface area contributed by atoms with E-state index in [0.717, 1.165) is 42.0 Å². The SMILES string of the molecule is O=C(O)C1(C(=O)Nc2ccc(O)c(NS(=O)(=O)c3ccc(F)cc3)c2)C=CC(c2ccccc2)=CC1Cl. The number of allylic oxidation sites excluding steroid dienone is 3. The van der Waals surface area contributed by atoms with Gasteiger partial charge in [0.1, 0.15) is 11.6 Å². The Balaban J connectivity index is 1.59. The molecule has 0 aliphatic heterocycles. The van der Waals surface area contributed by atoms with Gasteiger partial charge in [-0.3, -0.25) is 14.3 Å². The summed E-state index contributed by atoms with van der Waals surface area (Å²) in [6, 6.07) is 16.6. The van der Waals surface area contributed by atoms with Crippen LogP contribution in [0.25, 0.3) is 5.57 Å². The molecule has 37 heavy (non-hydrogen) atoms. The highest BCUT2D eigenvalue weighted by Gasteiger charge is 2.51. The molecule has 0 fully saturated rings. The number of amides is 1. The van der Waals surface area contributed by atoms with Crippen molar-refractivity contribution in [3.8, 4) is 5.75 Å². The third-order valence-corrected chi connectivity index (χ3v) is 7.60. The summed E-state index contributed by atoms with van der Waals surface area (Å²) in [5, 5.41) is 21.3. The fourth-order valence-corrected chi connectivity index (χ4v) is 5.18. The largest absolute Gasteiger partial charge is 0.506 e. The highest BCUT2D eigenvalue weighted by molar-refractivity contribution is 7.92. The number of anilines is 2. The third-order valence-electron chi connectivity index (χ3n) is 5.75. The van der Waals surface area contributed by atoms with Crippen LogP contribution in [0.15, 0.2) is 95.9 Å². The number of rotatable bonds is 7. The molecule has 8 nitrogen and oxygen atoms in total. The summed E-state index contributed by atoms with van der Waals surface area (Å²) in [4.78, 5) is 25.2. The van der Waals surface area contributed by atoms with Gasteiger partial charge in [-0.05, 0) is 53.6 Å². The van der Waals surface area contributed by atoms with Crippen LogP contribution in [0.1, 0.15) is 5.56 Å². The van der Waals surface area contributed by atoms with Crippen LogP contribution in [0.5, 0.6) is 5.75 Å².